The van der Waals surface area contributed by atoms with E-state index in [1.54, 1.807) is 0 Å². The van der Waals surface area contributed by atoms with Crippen molar-refractivity contribution in [1.82, 2.24) is 4.90 Å². The average molecular weight is 230 g/mol. The second-order valence-electron chi connectivity index (χ2n) is 3.86. The molecule has 5 heteroatoms. The summed E-state index contributed by atoms with van der Waals surface area (Å²) in [4.78, 5) is 2.37. The van der Waals surface area contributed by atoms with E-state index in [1.165, 1.54) is 12.8 Å². The van der Waals surface area contributed by atoms with Crippen molar-refractivity contribution in [1.29, 1.82) is 0 Å². The fourth-order valence-electron chi connectivity index (χ4n) is 1.95. The van der Waals surface area contributed by atoms with E-state index in [0.29, 0.717) is 5.17 Å². The summed E-state index contributed by atoms with van der Waals surface area (Å²) >= 11 is 5.97. The molecule has 4 nitrogen and oxygen atoms in total. The number of hydrogen-bond donors (Lipinski definition) is 0. The molecule has 2 rings (SSSR count). The summed E-state index contributed by atoms with van der Waals surface area (Å²) < 4.78 is 5.61. The molecule has 1 saturated heterocycles. The summed E-state index contributed by atoms with van der Waals surface area (Å²) in [7, 11) is 0. The Kier molecular flexibility index (Phi) is 3.72. The maximum atomic E-state index is 5.97. The molecule has 0 aromatic heterocycles. The third-order valence-electron chi connectivity index (χ3n) is 2.81. The van der Waals surface area contributed by atoms with Gasteiger partial charge in [0, 0.05) is 12.8 Å². The normalized spacial score (nSPS) is 31.2. The van der Waals surface area contributed by atoms with Crippen molar-refractivity contribution in [3.05, 3.63) is 0 Å². The molecule has 0 aromatic carbocycles. The standard InChI is InChI=1S/C10H16ClN3O/c1-2-3-4-14-5-6-15-9-8(14)7-12-13-10(9)11/h7-9H,2-6H2,1H3. The van der Waals surface area contributed by atoms with E-state index in [0.717, 1.165) is 19.7 Å². The van der Waals surface area contributed by atoms with Gasteiger partial charge in [-0.25, -0.2) is 0 Å². The Bertz CT molecular complexity index is 280. The van der Waals surface area contributed by atoms with Gasteiger partial charge in [0.25, 0.3) is 0 Å². The second-order valence-corrected chi connectivity index (χ2v) is 4.25. The van der Waals surface area contributed by atoms with Gasteiger partial charge in [0.05, 0.1) is 12.6 Å². The van der Waals surface area contributed by atoms with Gasteiger partial charge >= 0.3 is 0 Å². The van der Waals surface area contributed by atoms with Crippen molar-refractivity contribution < 1.29 is 4.74 Å². The summed E-state index contributed by atoms with van der Waals surface area (Å²) in [6.07, 6.45) is 4.14. The first-order chi connectivity index (χ1) is 7.33. The number of nitrogens with zero attached hydrogens (tertiary/aromatic N) is 3. The fourth-order valence-corrected chi connectivity index (χ4v) is 2.19. The lowest BCUT2D eigenvalue weighted by Gasteiger charge is -2.39. The average Bonchev–Trinajstić information content (AvgIpc) is 2.27. The minimum Gasteiger partial charge on any atom is -0.367 e. The topological polar surface area (TPSA) is 37.2 Å². The second kappa shape index (κ2) is 5.05. The van der Waals surface area contributed by atoms with Gasteiger partial charge in [-0.15, -0.1) is 5.10 Å². The molecule has 0 saturated carbocycles. The number of rotatable bonds is 3. The summed E-state index contributed by atoms with van der Waals surface area (Å²) in [6.45, 7) is 4.96. The first-order valence-electron chi connectivity index (χ1n) is 5.45. The third-order valence-corrected chi connectivity index (χ3v) is 3.10. The van der Waals surface area contributed by atoms with Crippen molar-refractivity contribution >= 4 is 23.0 Å². The monoisotopic (exact) mass is 229 g/mol. The van der Waals surface area contributed by atoms with Gasteiger partial charge in [0.1, 0.15) is 6.10 Å². The molecular formula is C10H16ClN3O. The molecule has 2 atom stereocenters. The molecule has 2 heterocycles. The van der Waals surface area contributed by atoms with Crippen LogP contribution >= 0.6 is 11.6 Å². The minimum absolute atomic E-state index is 0.102. The van der Waals surface area contributed by atoms with E-state index in [9.17, 15) is 0 Å². The zero-order valence-corrected chi connectivity index (χ0v) is 9.65. The lowest BCUT2D eigenvalue weighted by atomic mass is 10.1. The molecule has 15 heavy (non-hydrogen) atoms. The first kappa shape index (κ1) is 11.0. The maximum absolute atomic E-state index is 5.97. The molecule has 0 N–H and O–H groups in total. The quantitative estimate of drug-likeness (QED) is 0.736. The van der Waals surface area contributed by atoms with E-state index < -0.39 is 0 Å². The summed E-state index contributed by atoms with van der Waals surface area (Å²) in [5.74, 6) is 0. The Morgan fingerprint density at radius 3 is 3.33 bits per heavy atom. The number of halogens is 1. The smallest absolute Gasteiger partial charge is 0.159 e. The predicted molar refractivity (Wildman–Crippen MR) is 61.8 cm³/mol. The Morgan fingerprint density at radius 1 is 1.67 bits per heavy atom. The van der Waals surface area contributed by atoms with Crippen LogP contribution in [0.15, 0.2) is 10.2 Å². The van der Waals surface area contributed by atoms with Crippen LogP contribution in [0.4, 0.5) is 0 Å². The molecule has 84 valence electrons. The van der Waals surface area contributed by atoms with Crippen LogP contribution in [-0.2, 0) is 4.74 Å². The van der Waals surface area contributed by atoms with Crippen LogP contribution in [0.5, 0.6) is 0 Å². The molecule has 0 spiro atoms. The van der Waals surface area contributed by atoms with Crippen molar-refractivity contribution in [3.63, 3.8) is 0 Å². The SMILES string of the molecule is CCCCN1CCOC2C(Cl)=NN=CC21. The van der Waals surface area contributed by atoms with Crippen LogP contribution in [0.2, 0.25) is 0 Å². The molecule has 2 aliphatic heterocycles. The largest absolute Gasteiger partial charge is 0.367 e. The maximum Gasteiger partial charge on any atom is 0.159 e. The molecule has 2 unspecified atom stereocenters. The van der Waals surface area contributed by atoms with Crippen LogP contribution in [0.3, 0.4) is 0 Å². The highest BCUT2D eigenvalue weighted by Crippen LogP contribution is 2.19. The highest BCUT2D eigenvalue weighted by molar-refractivity contribution is 6.66. The molecule has 0 aromatic rings. The molecule has 1 fully saturated rings. The third kappa shape index (κ3) is 2.38. The number of unbranched alkanes of at least 4 members (excludes halogenated alkanes) is 1. The van der Waals surface area contributed by atoms with Gasteiger partial charge in [-0.2, -0.15) is 5.10 Å². The van der Waals surface area contributed by atoms with Crippen LogP contribution in [0.25, 0.3) is 0 Å². The zero-order chi connectivity index (χ0) is 10.7. The van der Waals surface area contributed by atoms with Crippen LogP contribution in [0, 0.1) is 0 Å². The molecule has 2 aliphatic rings. The van der Waals surface area contributed by atoms with E-state index >= 15 is 0 Å². The van der Waals surface area contributed by atoms with E-state index in [4.69, 9.17) is 16.3 Å². The van der Waals surface area contributed by atoms with Crippen LogP contribution < -0.4 is 0 Å². The highest BCUT2D eigenvalue weighted by Gasteiger charge is 2.35. The van der Waals surface area contributed by atoms with Gasteiger partial charge in [-0.1, -0.05) is 24.9 Å². The van der Waals surface area contributed by atoms with Gasteiger partial charge in [0.15, 0.2) is 5.17 Å². The van der Waals surface area contributed by atoms with Gasteiger partial charge in [-0.3, -0.25) is 4.90 Å². The van der Waals surface area contributed by atoms with E-state index in [-0.39, 0.29) is 12.1 Å². The van der Waals surface area contributed by atoms with E-state index in [2.05, 4.69) is 22.0 Å². The molecule has 0 bridgehead atoms. The number of fused-ring (bicyclic) bond motifs is 1. The first-order valence-corrected chi connectivity index (χ1v) is 5.83. The molecule has 0 radical (unpaired) electrons. The van der Waals surface area contributed by atoms with Crippen molar-refractivity contribution in [2.45, 2.75) is 31.9 Å². The predicted octanol–water partition coefficient (Wildman–Crippen LogP) is 1.49. The Morgan fingerprint density at radius 2 is 2.53 bits per heavy atom. The van der Waals surface area contributed by atoms with Crippen molar-refractivity contribution in [3.8, 4) is 0 Å². The van der Waals surface area contributed by atoms with Crippen LogP contribution in [-0.4, -0.2) is 48.1 Å². The van der Waals surface area contributed by atoms with Gasteiger partial charge in [0.2, 0.25) is 0 Å². The zero-order valence-electron chi connectivity index (χ0n) is 8.90. The van der Waals surface area contributed by atoms with Crippen molar-refractivity contribution in [2.24, 2.45) is 10.2 Å². The van der Waals surface area contributed by atoms with Crippen molar-refractivity contribution in [2.75, 3.05) is 19.7 Å². The van der Waals surface area contributed by atoms with Gasteiger partial charge in [-0.05, 0) is 13.0 Å². The summed E-state index contributed by atoms with van der Waals surface area (Å²) in [5, 5.41) is 8.21. The van der Waals surface area contributed by atoms with Crippen LogP contribution in [0.1, 0.15) is 19.8 Å². The molecule has 0 amide bonds. The minimum atomic E-state index is -0.102. The Hall–Kier alpha value is -0.450. The lowest BCUT2D eigenvalue weighted by Crippen LogP contribution is -2.55. The fraction of sp³-hybridized carbons (Fsp3) is 0.800. The number of hydrogen-bond acceptors (Lipinski definition) is 4. The Labute approximate surface area is 94.9 Å². The lowest BCUT2D eigenvalue weighted by molar-refractivity contribution is -0.0128. The number of morpholine rings is 1. The molecular weight excluding hydrogens is 214 g/mol. The summed E-state index contributed by atoms with van der Waals surface area (Å²) in [5.41, 5.74) is 0. The summed E-state index contributed by atoms with van der Waals surface area (Å²) in [6, 6.07) is 0.176. The highest BCUT2D eigenvalue weighted by atomic mass is 35.5. The van der Waals surface area contributed by atoms with Gasteiger partial charge < -0.3 is 4.74 Å². The Balaban J connectivity index is 2.02. The number of ether oxygens (including phenoxy) is 1. The molecule has 0 aliphatic carbocycles. The van der Waals surface area contributed by atoms with E-state index in [1.807, 2.05) is 6.21 Å².